The Morgan fingerprint density at radius 3 is 2.86 bits per heavy atom. The van der Waals surface area contributed by atoms with Gasteiger partial charge in [-0.15, -0.1) is 0 Å². The van der Waals surface area contributed by atoms with Crippen LogP contribution in [-0.2, 0) is 6.42 Å². The zero-order valence-electron chi connectivity index (χ0n) is 15.1. The van der Waals surface area contributed by atoms with Crippen molar-refractivity contribution in [1.82, 2.24) is 9.66 Å². The molecule has 0 aliphatic carbocycles. The lowest BCUT2D eigenvalue weighted by Crippen LogP contribution is -2.22. The maximum Gasteiger partial charge on any atom is 0.282 e. The van der Waals surface area contributed by atoms with Crippen LogP contribution in [0.25, 0.3) is 10.9 Å². The summed E-state index contributed by atoms with van der Waals surface area (Å²) >= 11 is 9.73. The van der Waals surface area contributed by atoms with Crippen molar-refractivity contribution < 1.29 is 9.47 Å². The number of nitrogens with zero attached hydrogens (tertiary/aromatic N) is 3. The van der Waals surface area contributed by atoms with Crippen molar-refractivity contribution in [2.75, 3.05) is 6.79 Å². The third-order valence-electron chi connectivity index (χ3n) is 4.43. The second kappa shape index (κ2) is 7.93. The molecule has 1 aromatic heterocycles. The van der Waals surface area contributed by atoms with Gasteiger partial charge in [0.25, 0.3) is 5.56 Å². The molecule has 2 heterocycles. The molecule has 0 fully saturated rings. The molecule has 6 nitrogen and oxygen atoms in total. The highest BCUT2D eigenvalue weighted by Gasteiger charge is 2.16. The first-order valence-electron chi connectivity index (χ1n) is 8.91. The zero-order valence-corrected chi connectivity index (χ0v) is 17.5. The van der Waals surface area contributed by atoms with E-state index in [4.69, 9.17) is 21.1 Å². The largest absolute Gasteiger partial charge is 0.454 e. The first kappa shape index (κ1) is 19.0. The summed E-state index contributed by atoms with van der Waals surface area (Å²) in [6.45, 7) is 2.26. The van der Waals surface area contributed by atoms with Crippen molar-refractivity contribution in [3.63, 3.8) is 0 Å². The summed E-state index contributed by atoms with van der Waals surface area (Å²) in [6, 6.07) is 8.89. The summed E-state index contributed by atoms with van der Waals surface area (Å²) in [6.07, 6.45) is 4.11. The van der Waals surface area contributed by atoms with E-state index in [2.05, 4.69) is 32.9 Å². The summed E-state index contributed by atoms with van der Waals surface area (Å²) < 4.78 is 12.9. The molecule has 144 valence electrons. The number of hydrogen-bond acceptors (Lipinski definition) is 5. The van der Waals surface area contributed by atoms with Crippen LogP contribution >= 0.6 is 27.5 Å². The Bertz CT molecular complexity index is 1140. The molecule has 0 unspecified atom stereocenters. The smallest absolute Gasteiger partial charge is 0.282 e. The topological polar surface area (TPSA) is 65.7 Å². The Balaban J connectivity index is 1.81. The molecule has 3 aromatic rings. The minimum Gasteiger partial charge on any atom is -0.454 e. The van der Waals surface area contributed by atoms with Crippen molar-refractivity contribution in [1.29, 1.82) is 0 Å². The number of hydrogen-bond donors (Lipinski definition) is 0. The highest BCUT2D eigenvalue weighted by atomic mass is 79.9. The fourth-order valence-corrected chi connectivity index (χ4v) is 3.53. The molecule has 4 rings (SSSR count). The van der Waals surface area contributed by atoms with Gasteiger partial charge in [0.2, 0.25) is 6.79 Å². The van der Waals surface area contributed by atoms with Crippen LogP contribution < -0.4 is 15.0 Å². The molecule has 0 radical (unpaired) electrons. The zero-order chi connectivity index (χ0) is 19.7. The highest BCUT2D eigenvalue weighted by molar-refractivity contribution is 9.10. The van der Waals surface area contributed by atoms with E-state index >= 15 is 0 Å². The average Bonchev–Trinajstić information content (AvgIpc) is 3.13. The van der Waals surface area contributed by atoms with E-state index in [9.17, 15) is 4.79 Å². The average molecular weight is 463 g/mol. The number of rotatable bonds is 5. The Labute approximate surface area is 174 Å². The monoisotopic (exact) mass is 461 g/mol. The van der Waals surface area contributed by atoms with Crippen LogP contribution in [0, 0.1) is 0 Å². The van der Waals surface area contributed by atoms with Crippen LogP contribution in [0.5, 0.6) is 11.5 Å². The van der Waals surface area contributed by atoms with Gasteiger partial charge in [0.15, 0.2) is 11.5 Å². The fourth-order valence-electron chi connectivity index (χ4n) is 2.96. The summed E-state index contributed by atoms with van der Waals surface area (Å²) in [5.74, 6) is 1.82. The first-order valence-corrected chi connectivity index (χ1v) is 10.1. The van der Waals surface area contributed by atoms with E-state index in [1.165, 1.54) is 4.68 Å². The molecule has 28 heavy (non-hydrogen) atoms. The Hall–Kier alpha value is -2.38. The Morgan fingerprint density at radius 2 is 2.07 bits per heavy atom. The molecular weight excluding hydrogens is 446 g/mol. The van der Waals surface area contributed by atoms with Crippen LogP contribution in [-0.4, -0.2) is 22.7 Å². The lowest BCUT2D eigenvalue weighted by Gasteiger charge is -2.09. The summed E-state index contributed by atoms with van der Waals surface area (Å²) in [5.41, 5.74) is 1.07. The van der Waals surface area contributed by atoms with Gasteiger partial charge < -0.3 is 9.47 Å². The fraction of sp³-hybridized carbons (Fsp3) is 0.250. The van der Waals surface area contributed by atoms with E-state index in [1.807, 2.05) is 12.1 Å². The van der Waals surface area contributed by atoms with Crippen LogP contribution in [0.3, 0.4) is 0 Å². The van der Waals surface area contributed by atoms with Crippen molar-refractivity contribution in [3.05, 3.63) is 61.6 Å². The standard InChI is InChI=1S/C20H17BrClN3O3/c1-2-3-4-19-24-16-6-5-13(21)8-14(16)20(26)25(19)23-10-12-7-17-18(9-15(12)22)28-11-27-17/h5-10H,2-4,11H2,1H3. The molecule has 1 aliphatic heterocycles. The van der Waals surface area contributed by atoms with Gasteiger partial charge in [0.1, 0.15) is 5.82 Å². The number of aryl methyl sites for hydroxylation is 1. The van der Waals surface area contributed by atoms with Gasteiger partial charge in [-0.05, 0) is 30.7 Å². The van der Waals surface area contributed by atoms with Gasteiger partial charge in [-0.1, -0.05) is 40.9 Å². The van der Waals surface area contributed by atoms with Crippen molar-refractivity contribution >= 4 is 44.6 Å². The van der Waals surface area contributed by atoms with Gasteiger partial charge in [-0.25, -0.2) is 4.98 Å². The van der Waals surface area contributed by atoms with E-state index < -0.39 is 0 Å². The van der Waals surface area contributed by atoms with Crippen LogP contribution in [0.1, 0.15) is 31.2 Å². The minimum absolute atomic E-state index is 0.163. The first-order chi connectivity index (χ1) is 13.6. The Kier molecular flexibility index (Phi) is 5.37. The predicted molar refractivity (Wildman–Crippen MR) is 113 cm³/mol. The van der Waals surface area contributed by atoms with Crippen molar-refractivity contribution in [3.8, 4) is 11.5 Å². The van der Waals surface area contributed by atoms with Crippen LogP contribution in [0.2, 0.25) is 5.02 Å². The Morgan fingerprint density at radius 1 is 1.29 bits per heavy atom. The number of halogens is 2. The summed E-state index contributed by atoms with van der Waals surface area (Å²) in [7, 11) is 0. The molecule has 0 amide bonds. The predicted octanol–water partition coefficient (Wildman–Crippen LogP) is 4.77. The summed E-state index contributed by atoms with van der Waals surface area (Å²) in [5, 5.41) is 5.38. The second-order valence-electron chi connectivity index (χ2n) is 6.38. The highest BCUT2D eigenvalue weighted by Crippen LogP contribution is 2.36. The van der Waals surface area contributed by atoms with Gasteiger partial charge in [0.05, 0.1) is 22.1 Å². The number of aromatic nitrogens is 2. The molecule has 8 heteroatoms. The summed E-state index contributed by atoms with van der Waals surface area (Å²) in [4.78, 5) is 17.7. The molecule has 0 atom stereocenters. The SMILES string of the molecule is CCCCc1nc2ccc(Br)cc2c(=O)n1N=Cc1cc2c(cc1Cl)OCO2. The number of fused-ring (bicyclic) bond motifs is 2. The van der Waals surface area contributed by atoms with Crippen molar-refractivity contribution in [2.45, 2.75) is 26.2 Å². The van der Waals surface area contributed by atoms with E-state index in [0.717, 1.165) is 17.3 Å². The molecule has 0 N–H and O–H groups in total. The maximum atomic E-state index is 13.1. The molecule has 0 saturated carbocycles. The normalized spacial score (nSPS) is 13.0. The van der Waals surface area contributed by atoms with E-state index in [0.29, 0.717) is 45.2 Å². The second-order valence-corrected chi connectivity index (χ2v) is 7.70. The van der Waals surface area contributed by atoms with Crippen LogP contribution in [0.15, 0.2) is 44.7 Å². The van der Waals surface area contributed by atoms with E-state index in [1.54, 1.807) is 24.4 Å². The minimum atomic E-state index is -0.217. The maximum absolute atomic E-state index is 13.1. The number of ether oxygens (including phenoxy) is 2. The van der Waals surface area contributed by atoms with Gasteiger partial charge >= 0.3 is 0 Å². The number of unbranched alkanes of at least 4 members (excludes halogenated alkanes) is 1. The van der Waals surface area contributed by atoms with Gasteiger partial charge in [-0.3, -0.25) is 4.79 Å². The molecular formula is C20H17BrClN3O3. The molecule has 1 aliphatic rings. The lowest BCUT2D eigenvalue weighted by atomic mass is 10.2. The van der Waals surface area contributed by atoms with Crippen LogP contribution in [0.4, 0.5) is 0 Å². The quantitative estimate of drug-likeness (QED) is 0.513. The molecule has 0 bridgehead atoms. The van der Waals surface area contributed by atoms with Gasteiger partial charge in [-0.2, -0.15) is 9.78 Å². The third-order valence-corrected chi connectivity index (χ3v) is 5.25. The molecule has 0 saturated heterocycles. The van der Waals surface area contributed by atoms with E-state index in [-0.39, 0.29) is 12.4 Å². The third kappa shape index (κ3) is 3.64. The molecule has 2 aromatic carbocycles. The van der Waals surface area contributed by atoms with Crippen molar-refractivity contribution in [2.24, 2.45) is 5.10 Å². The number of benzene rings is 2. The molecule has 0 spiro atoms. The lowest BCUT2D eigenvalue weighted by molar-refractivity contribution is 0.174. The van der Waals surface area contributed by atoms with Gasteiger partial charge in [0, 0.05) is 22.5 Å².